The van der Waals surface area contributed by atoms with Gasteiger partial charge in [0.2, 0.25) is 5.91 Å². The molecule has 1 aliphatic rings. The minimum Gasteiger partial charge on any atom is -0.325 e. The van der Waals surface area contributed by atoms with Gasteiger partial charge in [-0.2, -0.15) is 0 Å². The van der Waals surface area contributed by atoms with Crippen LogP contribution in [0.1, 0.15) is 37.3 Å². The molecule has 1 unspecified atom stereocenters. The molecule has 2 rings (SSSR count). The van der Waals surface area contributed by atoms with Gasteiger partial charge in [0.25, 0.3) is 0 Å². The van der Waals surface area contributed by atoms with E-state index in [1.165, 1.54) is 5.56 Å². The Morgan fingerprint density at radius 3 is 2.79 bits per heavy atom. The number of aryl methyl sites for hydroxylation is 2. The summed E-state index contributed by atoms with van der Waals surface area (Å²) in [5, 5.41) is 6.45. The van der Waals surface area contributed by atoms with Crippen LogP contribution in [0.5, 0.6) is 0 Å². The van der Waals surface area contributed by atoms with Crippen molar-refractivity contribution in [3.63, 3.8) is 0 Å². The average molecular weight is 260 g/mol. The standard InChI is InChI=1S/C16H24N2O/c1-4-7-16(8-9-17-11-16)15(19)18-14-6-5-12(2)10-13(14)3/h5-6,10,17H,4,7-9,11H2,1-3H3,(H,18,19). The lowest BCUT2D eigenvalue weighted by Crippen LogP contribution is -2.38. The topological polar surface area (TPSA) is 41.1 Å². The smallest absolute Gasteiger partial charge is 0.231 e. The number of carbonyl (C=O) groups excluding carboxylic acids is 1. The molecule has 1 aromatic carbocycles. The second-order valence-electron chi connectivity index (χ2n) is 5.73. The molecule has 1 fully saturated rings. The third-order valence-electron chi connectivity index (χ3n) is 4.08. The molecule has 1 atom stereocenters. The van der Waals surface area contributed by atoms with Crippen molar-refractivity contribution < 1.29 is 4.79 Å². The summed E-state index contributed by atoms with van der Waals surface area (Å²) in [6.07, 6.45) is 2.94. The van der Waals surface area contributed by atoms with E-state index < -0.39 is 0 Å². The molecule has 1 saturated heterocycles. The highest BCUT2D eigenvalue weighted by atomic mass is 16.2. The van der Waals surface area contributed by atoms with Crippen LogP contribution < -0.4 is 10.6 Å². The van der Waals surface area contributed by atoms with E-state index in [4.69, 9.17) is 0 Å². The molecule has 2 N–H and O–H groups in total. The summed E-state index contributed by atoms with van der Waals surface area (Å²) in [6, 6.07) is 6.15. The predicted octanol–water partition coefficient (Wildman–Crippen LogP) is 3.02. The highest BCUT2D eigenvalue weighted by Gasteiger charge is 2.40. The van der Waals surface area contributed by atoms with Crippen molar-refractivity contribution in [2.75, 3.05) is 18.4 Å². The van der Waals surface area contributed by atoms with Gasteiger partial charge in [-0.3, -0.25) is 4.79 Å². The normalized spacial score (nSPS) is 22.5. The Morgan fingerprint density at radius 1 is 1.42 bits per heavy atom. The van der Waals surface area contributed by atoms with E-state index in [9.17, 15) is 4.79 Å². The number of benzene rings is 1. The largest absolute Gasteiger partial charge is 0.325 e. The van der Waals surface area contributed by atoms with Gasteiger partial charge in [0.1, 0.15) is 0 Å². The maximum atomic E-state index is 12.6. The van der Waals surface area contributed by atoms with Crippen molar-refractivity contribution in [3.8, 4) is 0 Å². The number of hydrogen-bond donors (Lipinski definition) is 2. The second kappa shape index (κ2) is 5.74. The second-order valence-corrected chi connectivity index (χ2v) is 5.73. The lowest BCUT2D eigenvalue weighted by atomic mass is 9.81. The monoisotopic (exact) mass is 260 g/mol. The van der Waals surface area contributed by atoms with E-state index in [2.05, 4.69) is 30.5 Å². The van der Waals surface area contributed by atoms with Crippen LogP contribution in [0.4, 0.5) is 5.69 Å². The molecule has 1 aromatic rings. The van der Waals surface area contributed by atoms with Crippen LogP contribution in [0.25, 0.3) is 0 Å². The lowest BCUT2D eigenvalue weighted by Gasteiger charge is -2.27. The van der Waals surface area contributed by atoms with Crippen LogP contribution >= 0.6 is 0 Å². The molecule has 104 valence electrons. The van der Waals surface area contributed by atoms with Crippen molar-refractivity contribution in [1.82, 2.24) is 5.32 Å². The van der Waals surface area contributed by atoms with Gasteiger partial charge in [-0.15, -0.1) is 0 Å². The third-order valence-corrected chi connectivity index (χ3v) is 4.08. The predicted molar refractivity (Wildman–Crippen MR) is 79.4 cm³/mol. The number of hydrogen-bond acceptors (Lipinski definition) is 2. The van der Waals surface area contributed by atoms with E-state index in [1.807, 2.05) is 19.1 Å². The van der Waals surface area contributed by atoms with Crippen LogP contribution in [0.15, 0.2) is 18.2 Å². The number of anilines is 1. The molecule has 1 heterocycles. The zero-order chi connectivity index (χ0) is 13.9. The molecule has 3 heteroatoms. The summed E-state index contributed by atoms with van der Waals surface area (Å²) in [5.74, 6) is 0.173. The molecule has 0 aliphatic carbocycles. The Kier molecular flexibility index (Phi) is 4.25. The van der Waals surface area contributed by atoms with Crippen molar-refractivity contribution in [1.29, 1.82) is 0 Å². The van der Waals surface area contributed by atoms with Gasteiger partial charge < -0.3 is 10.6 Å². The molecule has 0 bridgehead atoms. The van der Waals surface area contributed by atoms with E-state index in [1.54, 1.807) is 0 Å². The molecule has 0 spiro atoms. The highest BCUT2D eigenvalue weighted by molar-refractivity contribution is 5.96. The number of nitrogens with one attached hydrogen (secondary N) is 2. The zero-order valence-electron chi connectivity index (χ0n) is 12.2. The fourth-order valence-electron chi connectivity index (χ4n) is 2.95. The van der Waals surface area contributed by atoms with Crippen LogP contribution in [0.2, 0.25) is 0 Å². The maximum Gasteiger partial charge on any atom is 0.231 e. The summed E-state index contributed by atoms with van der Waals surface area (Å²) in [5.41, 5.74) is 3.08. The van der Waals surface area contributed by atoms with E-state index in [0.717, 1.165) is 43.6 Å². The molecule has 19 heavy (non-hydrogen) atoms. The molecular weight excluding hydrogens is 236 g/mol. The van der Waals surface area contributed by atoms with E-state index in [0.29, 0.717) is 0 Å². The van der Waals surface area contributed by atoms with Crippen LogP contribution in [-0.2, 0) is 4.79 Å². The third kappa shape index (κ3) is 2.98. The molecule has 1 amide bonds. The van der Waals surface area contributed by atoms with Crippen molar-refractivity contribution in [3.05, 3.63) is 29.3 Å². The van der Waals surface area contributed by atoms with Crippen LogP contribution in [0, 0.1) is 19.3 Å². The average Bonchev–Trinajstić information content (AvgIpc) is 2.83. The summed E-state index contributed by atoms with van der Waals surface area (Å²) >= 11 is 0. The molecule has 3 nitrogen and oxygen atoms in total. The zero-order valence-corrected chi connectivity index (χ0v) is 12.2. The number of carbonyl (C=O) groups is 1. The Morgan fingerprint density at radius 2 is 2.21 bits per heavy atom. The molecule has 0 aromatic heterocycles. The Bertz CT molecular complexity index is 462. The van der Waals surface area contributed by atoms with Gasteiger partial charge in [-0.05, 0) is 44.9 Å². The Balaban J connectivity index is 2.15. The highest BCUT2D eigenvalue weighted by Crippen LogP contribution is 2.33. The van der Waals surface area contributed by atoms with Gasteiger partial charge >= 0.3 is 0 Å². The first-order valence-electron chi connectivity index (χ1n) is 7.17. The molecule has 0 saturated carbocycles. The number of amides is 1. The summed E-state index contributed by atoms with van der Waals surface area (Å²) in [4.78, 5) is 12.6. The van der Waals surface area contributed by atoms with E-state index in [-0.39, 0.29) is 11.3 Å². The molecule has 0 radical (unpaired) electrons. The van der Waals surface area contributed by atoms with Gasteiger partial charge in [0, 0.05) is 12.2 Å². The minimum absolute atomic E-state index is 0.173. The molecule has 1 aliphatic heterocycles. The lowest BCUT2D eigenvalue weighted by molar-refractivity contribution is -0.125. The Hall–Kier alpha value is -1.35. The number of rotatable bonds is 4. The summed E-state index contributed by atoms with van der Waals surface area (Å²) in [7, 11) is 0. The maximum absolute atomic E-state index is 12.6. The first kappa shape index (κ1) is 14.1. The first-order chi connectivity index (χ1) is 9.07. The van der Waals surface area contributed by atoms with Gasteiger partial charge in [-0.1, -0.05) is 31.0 Å². The fourth-order valence-corrected chi connectivity index (χ4v) is 2.95. The van der Waals surface area contributed by atoms with Gasteiger partial charge in [0.05, 0.1) is 5.41 Å². The van der Waals surface area contributed by atoms with Crippen LogP contribution in [0.3, 0.4) is 0 Å². The van der Waals surface area contributed by atoms with Crippen molar-refractivity contribution in [2.24, 2.45) is 5.41 Å². The fraction of sp³-hybridized carbons (Fsp3) is 0.562. The first-order valence-corrected chi connectivity index (χ1v) is 7.17. The van der Waals surface area contributed by atoms with E-state index >= 15 is 0 Å². The van der Waals surface area contributed by atoms with Crippen molar-refractivity contribution in [2.45, 2.75) is 40.0 Å². The van der Waals surface area contributed by atoms with Crippen molar-refractivity contribution >= 4 is 11.6 Å². The summed E-state index contributed by atoms with van der Waals surface area (Å²) < 4.78 is 0. The minimum atomic E-state index is -0.216. The summed E-state index contributed by atoms with van der Waals surface area (Å²) in [6.45, 7) is 8.00. The van der Waals surface area contributed by atoms with Crippen LogP contribution in [-0.4, -0.2) is 19.0 Å². The quantitative estimate of drug-likeness (QED) is 0.873. The van der Waals surface area contributed by atoms with Gasteiger partial charge in [-0.25, -0.2) is 0 Å². The Labute approximate surface area is 115 Å². The molecular formula is C16H24N2O. The van der Waals surface area contributed by atoms with Gasteiger partial charge in [0.15, 0.2) is 0 Å². The SMILES string of the molecule is CCCC1(C(=O)Nc2ccc(C)cc2C)CCNC1.